The molecule has 0 bridgehead atoms. The molecule has 2 heterocycles. The number of halogens is 1. The van der Waals surface area contributed by atoms with Gasteiger partial charge in [-0.15, -0.1) is 0 Å². The minimum absolute atomic E-state index is 0.114. The maximum Gasteiger partial charge on any atom is 0.409 e. The molecule has 1 saturated heterocycles. The minimum Gasteiger partial charge on any atom is -0.450 e. The first-order valence-corrected chi connectivity index (χ1v) is 8.02. The van der Waals surface area contributed by atoms with E-state index in [-0.39, 0.29) is 29.0 Å². The summed E-state index contributed by atoms with van der Waals surface area (Å²) in [5, 5.41) is 3.75. The highest BCUT2D eigenvalue weighted by Crippen LogP contribution is 2.23. The van der Waals surface area contributed by atoms with Crippen LogP contribution >= 0.6 is 0 Å². The van der Waals surface area contributed by atoms with Crippen molar-refractivity contribution in [1.82, 2.24) is 15.0 Å². The monoisotopic (exact) mass is 347 g/mol. The molecule has 132 valence electrons. The molecule has 0 N–H and O–H groups in total. The predicted octanol–water partition coefficient (Wildman–Crippen LogP) is 2.40. The number of benzene rings is 1. The van der Waals surface area contributed by atoms with E-state index in [0.29, 0.717) is 32.8 Å². The van der Waals surface area contributed by atoms with Crippen molar-refractivity contribution in [2.24, 2.45) is 0 Å². The molecule has 0 spiro atoms. The third-order valence-corrected chi connectivity index (χ3v) is 3.96. The lowest BCUT2D eigenvalue weighted by atomic mass is 10.1. The normalized spacial score (nSPS) is 14.5. The number of ether oxygens (including phenoxy) is 1. The summed E-state index contributed by atoms with van der Waals surface area (Å²) in [5.74, 6) is -0.554. The largest absolute Gasteiger partial charge is 0.450 e. The van der Waals surface area contributed by atoms with Gasteiger partial charge in [0.1, 0.15) is 5.82 Å². The highest BCUT2D eigenvalue weighted by molar-refractivity contribution is 5.93. The van der Waals surface area contributed by atoms with Crippen LogP contribution in [0, 0.1) is 5.82 Å². The molecule has 1 aliphatic rings. The van der Waals surface area contributed by atoms with Crippen LogP contribution in [0.2, 0.25) is 0 Å². The van der Waals surface area contributed by atoms with Crippen molar-refractivity contribution in [3.8, 4) is 11.3 Å². The fraction of sp³-hybridized carbons (Fsp3) is 0.353. The van der Waals surface area contributed by atoms with Gasteiger partial charge in [0.25, 0.3) is 5.91 Å². The van der Waals surface area contributed by atoms with Crippen LogP contribution in [-0.4, -0.2) is 59.7 Å². The van der Waals surface area contributed by atoms with Crippen LogP contribution < -0.4 is 0 Å². The summed E-state index contributed by atoms with van der Waals surface area (Å²) in [6.07, 6.45) is -0.377. The first kappa shape index (κ1) is 16.9. The van der Waals surface area contributed by atoms with Crippen LogP contribution in [-0.2, 0) is 4.74 Å². The standard InChI is InChI=1S/C17H18FN3O4/c1-2-24-17(23)21-9-7-20(8-10-21)16(22)14-11-15(25-19-14)12-5-3-4-6-13(12)18/h3-6,11H,2,7-10H2,1H3. The number of hydrogen-bond acceptors (Lipinski definition) is 5. The summed E-state index contributed by atoms with van der Waals surface area (Å²) in [5.41, 5.74) is 0.365. The number of hydrogen-bond donors (Lipinski definition) is 0. The zero-order valence-electron chi connectivity index (χ0n) is 13.8. The Hall–Kier alpha value is -2.90. The molecule has 0 atom stereocenters. The molecule has 7 nitrogen and oxygen atoms in total. The van der Waals surface area contributed by atoms with Gasteiger partial charge < -0.3 is 19.1 Å². The molecule has 2 aromatic rings. The summed E-state index contributed by atoms with van der Waals surface area (Å²) in [6, 6.07) is 7.55. The average Bonchev–Trinajstić information content (AvgIpc) is 3.11. The van der Waals surface area contributed by atoms with Gasteiger partial charge in [-0.1, -0.05) is 17.3 Å². The van der Waals surface area contributed by atoms with Crippen LogP contribution in [0.1, 0.15) is 17.4 Å². The summed E-state index contributed by atoms with van der Waals surface area (Å²) >= 11 is 0. The fourth-order valence-electron chi connectivity index (χ4n) is 2.63. The first-order valence-electron chi connectivity index (χ1n) is 8.02. The maximum absolute atomic E-state index is 13.8. The Morgan fingerprint density at radius 3 is 2.56 bits per heavy atom. The van der Waals surface area contributed by atoms with Gasteiger partial charge in [0, 0.05) is 32.2 Å². The molecule has 8 heteroatoms. The lowest BCUT2D eigenvalue weighted by molar-refractivity contribution is 0.0562. The molecule has 25 heavy (non-hydrogen) atoms. The van der Waals surface area contributed by atoms with Crippen molar-refractivity contribution in [1.29, 1.82) is 0 Å². The van der Waals surface area contributed by atoms with Crippen molar-refractivity contribution in [3.05, 3.63) is 41.8 Å². The smallest absolute Gasteiger partial charge is 0.409 e. The van der Waals surface area contributed by atoms with E-state index in [1.165, 1.54) is 12.1 Å². The van der Waals surface area contributed by atoms with Gasteiger partial charge in [-0.25, -0.2) is 9.18 Å². The second kappa shape index (κ2) is 7.33. The van der Waals surface area contributed by atoms with Gasteiger partial charge in [-0.05, 0) is 19.1 Å². The highest BCUT2D eigenvalue weighted by Gasteiger charge is 2.27. The number of aromatic nitrogens is 1. The number of carbonyl (C=O) groups is 2. The third-order valence-electron chi connectivity index (χ3n) is 3.96. The van der Waals surface area contributed by atoms with E-state index in [0.717, 1.165) is 0 Å². The molecule has 0 saturated carbocycles. The Morgan fingerprint density at radius 2 is 1.88 bits per heavy atom. The van der Waals surface area contributed by atoms with Crippen molar-refractivity contribution >= 4 is 12.0 Å². The molecule has 1 aromatic heterocycles. The van der Waals surface area contributed by atoms with Gasteiger partial charge in [0.2, 0.25) is 0 Å². The predicted molar refractivity (Wildman–Crippen MR) is 86.4 cm³/mol. The molecular weight excluding hydrogens is 329 g/mol. The second-order valence-electron chi connectivity index (χ2n) is 5.53. The summed E-state index contributed by atoms with van der Waals surface area (Å²) in [7, 11) is 0. The van der Waals surface area contributed by atoms with E-state index in [4.69, 9.17) is 9.26 Å². The van der Waals surface area contributed by atoms with Crippen molar-refractivity contribution < 1.29 is 23.2 Å². The lowest BCUT2D eigenvalue weighted by Gasteiger charge is -2.33. The molecule has 0 radical (unpaired) electrons. The molecule has 1 aromatic carbocycles. The van der Waals surface area contributed by atoms with Crippen LogP contribution in [0.25, 0.3) is 11.3 Å². The first-order chi connectivity index (χ1) is 12.1. The molecular formula is C17H18FN3O4. The molecule has 3 rings (SSSR count). The highest BCUT2D eigenvalue weighted by atomic mass is 19.1. The van der Waals surface area contributed by atoms with E-state index >= 15 is 0 Å². The molecule has 1 fully saturated rings. The lowest BCUT2D eigenvalue weighted by Crippen LogP contribution is -2.50. The van der Waals surface area contributed by atoms with E-state index in [1.54, 1.807) is 34.9 Å². The summed E-state index contributed by atoms with van der Waals surface area (Å²) in [4.78, 5) is 27.3. The van der Waals surface area contributed by atoms with Crippen LogP contribution in [0.15, 0.2) is 34.9 Å². The van der Waals surface area contributed by atoms with Gasteiger partial charge in [0.05, 0.1) is 12.2 Å². The maximum atomic E-state index is 13.8. The zero-order valence-corrected chi connectivity index (χ0v) is 13.8. The van der Waals surface area contributed by atoms with Crippen molar-refractivity contribution in [3.63, 3.8) is 0 Å². The molecule has 1 aliphatic heterocycles. The molecule has 0 aliphatic carbocycles. The number of nitrogens with zero attached hydrogens (tertiary/aromatic N) is 3. The van der Waals surface area contributed by atoms with Crippen molar-refractivity contribution in [2.45, 2.75) is 6.92 Å². The van der Waals surface area contributed by atoms with Gasteiger partial charge in [-0.3, -0.25) is 4.79 Å². The number of carbonyl (C=O) groups excluding carboxylic acids is 2. The van der Waals surface area contributed by atoms with Crippen LogP contribution in [0.3, 0.4) is 0 Å². The minimum atomic E-state index is -0.444. The number of amides is 2. The van der Waals surface area contributed by atoms with E-state index < -0.39 is 5.82 Å². The van der Waals surface area contributed by atoms with E-state index in [9.17, 15) is 14.0 Å². The summed E-state index contributed by atoms with van der Waals surface area (Å²) < 4.78 is 23.8. The Kier molecular flexibility index (Phi) is 4.97. The molecule has 0 unspecified atom stereocenters. The zero-order chi connectivity index (χ0) is 17.8. The number of piperazine rings is 1. The third kappa shape index (κ3) is 3.62. The van der Waals surface area contributed by atoms with Gasteiger partial charge >= 0.3 is 6.09 Å². The van der Waals surface area contributed by atoms with Crippen molar-refractivity contribution in [2.75, 3.05) is 32.8 Å². The Labute approximate surface area is 143 Å². The van der Waals surface area contributed by atoms with Crippen LogP contribution in [0.4, 0.5) is 9.18 Å². The van der Waals surface area contributed by atoms with E-state index in [2.05, 4.69) is 5.16 Å². The quantitative estimate of drug-likeness (QED) is 0.852. The Bertz CT molecular complexity index is 769. The van der Waals surface area contributed by atoms with Crippen LogP contribution in [0.5, 0.6) is 0 Å². The second-order valence-corrected chi connectivity index (χ2v) is 5.53. The Morgan fingerprint density at radius 1 is 1.20 bits per heavy atom. The average molecular weight is 347 g/mol. The van der Waals surface area contributed by atoms with Gasteiger partial charge in [-0.2, -0.15) is 0 Å². The van der Waals surface area contributed by atoms with E-state index in [1.807, 2.05) is 0 Å². The molecule has 2 amide bonds. The Balaban J connectivity index is 1.65. The number of rotatable bonds is 3. The summed E-state index contributed by atoms with van der Waals surface area (Å²) in [6.45, 7) is 3.59. The van der Waals surface area contributed by atoms with Gasteiger partial charge in [0.15, 0.2) is 11.5 Å². The SMILES string of the molecule is CCOC(=O)N1CCN(C(=O)c2cc(-c3ccccc3F)on2)CC1. The topological polar surface area (TPSA) is 75.9 Å². The fourth-order valence-corrected chi connectivity index (χ4v) is 2.63.